The Bertz CT molecular complexity index is 583. The van der Waals surface area contributed by atoms with Crippen molar-refractivity contribution in [3.05, 3.63) is 20.8 Å². The third-order valence-electron chi connectivity index (χ3n) is 1.96. The van der Waals surface area contributed by atoms with E-state index >= 15 is 0 Å². The number of aromatic amines is 2. The normalized spacial score (nSPS) is 11.6. The van der Waals surface area contributed by atoms with Crippen LogP contribution in [0.4, 0.5) is 0 Å². The third kappa shape index (κ3) is 2.51. The molecular formula is C8H12N2O5S. The van der Waals surface area contributed by atoms with Crippen LogP contribution in [0.3, 0.4) is 0 Å². The molecule has 0 amide bonds. The first-order valence-electron chi connectivity index (χ1n) is 4.67. The van der Waals surface area contributed by atoms with Crippen LogP contribution in [0.2, 0.25) is 0 Å². The van der Waals surface area contributed by atoms with Crippen LogP contribution in [-0.4, -0.2) is 29.2 Å². The Morgan fingerprint density at radius 3 is 2.38 bits per heavy atom. The van der Waals surface area contributed by atoms with Crippen molar-refractivity contribution in [2.75, 3.05) is 5.75 Å². The molecule has 0 aliphatic carbocycles. The van der Waals surface area contributed by atoms with E-state index in [1.165, 1.54) is 0 Å². The number of sulfone groups is 1. The van der Waals surface area contributed by atoms with Crippen LogP contribution < -0.4 is 11.2 Å². The largest absolute Gasteiger partial charge is 0.493 e. The molecule has 0 unspecified atom stereocenters. The minimum atomic E-state index is -3.86. The molecule has 0 radical (unpaired) electrons. The fraction of sp³-hybridized carbons (Fsp3) is 0.500. The minimum absolute atomic E-state index is 0.244. The zero-order valence-electron chi connectivity index (χ0n) is 8.61. The van der Waals surface area contributed by atoms with E-state index in [9.17, 15) is 23.1 Å². The molecule has 16 heavy (non-hydrogen) atoms. The first-order valence-corrected chi connectivity index (χ1v) is 6.32. The molecule has 0 fully saturated rings. The quantitative estimate of drug-likeness (QED) is 0.653. The zero-order valence-corrected chi connectivity index (χ0v) is 9.43. The highest BCUT2D eigenvalue weighted by Crippen LogP contribution is 2.15. The van der Waals surface area contributed by atoms with Gasteiger partial charge in [-0.2, -0.15) is 0 Å². The highest BCUT2D eigenvalue weighted by Gasteiger charge is 2.23. The number of rotatable bonds is 4. The van der Waals surface area contributed by atoms with Crippen LogP contribution in [0.5, 0.6) is 5.88 Å². The second kappa shape index (κ2) is 4.52. The summed E-state index contributed by atoms with van der Waals surface area (Å²) in [5, 5.41) is 9.25. The summed E-state index contributed by atoms with van der Waals surface area (Å²) in [6.07, 6.45) is 1.02. The predicted molar refractivity (Wildman–Crippen MR) is 56.3 cm³/mol. The van der Waals surface area contributed by atoms with E-state index in [0.29, 0.717) is 12.8 Å². The molecule has 8 heteroatoms. The zero-order chi connectivity index (χ0) is 12.3. The standard InChI is InChI=1S/C8H12N2O5S/c1-2-3-4-16(14,15)5-6(11)9-8(13)10-7(5)12/h2-4H2,1H3,(H3,9,10,11,12,13). The van der Waals surface area contributed by atoms with Crippen LogP contribution in [0.1, 0.15) is 19.8 Å². The summed E-state index contributed by atoms with van der Waals surface area (Å²) in [5.41, 5.74) is -2.05. The molecule has 0 aliphatic rings. The van der Waals surface area contributed by atoms with Crippen molar-refractivity contribution in [1.82, 2.24) is 9.97 Å². The van der Waals surface area contributed by atoms with Gasteiger partial charge in [-0.1, -0.05) is 13.3 Å². The van der Waals surface area contributed by atoms with Gasteiger partial charge >= 0.3 is 5.69 Å². The van der Waals surface area contributed by atoms with E-state index in [1.807, 2.05) is 4.98 Å². The second-order valence-electron chi connectivity index (χ2n) is 3.26. The van der Waals surface area contributed by atoms with E-state index in [4.69, 9.17) is 0 Å². The Morgan fingerprint density at radius 2 is 1.88 bits per heavy atom. The van der Waals surface area contributed by atoms with E-state index in [-0.39, 0.29) is 5.75 Å². The predicted octanol–water partition coefficient (Wildman–Crippen LogP) is -0.657. The van der Waals surface area contributed by atoms with E-state index in [2.05, 4.69) is 0 Å². The van der Waals surface area contributed by atoms with Crippen molar-refractivity contribution in [2.24, 2.45) is 0 Å². The number of unbranched alkanes of at least 4 members (excludes halogenated alkanes) is 1. The summed E-state index contributed by atoms with van der Waals surface area (Å²) in [6.45, 7) is 1.80. The first kappa shape index (κ1) is 12.5. The van der Waals surface area contributed by atoms with E-state index in [0.717, 1.165) is 0 Å². The SMILES string of the molecule is CCCCS(=O)(=O)c1c(O)[nH]c(=O)[nH]c1=O. The van der Waals surface area contributed by atoms with Crippen molar-refractivity contribution in [3.63, 3.8) is 0 Å². The Hall–Kier alpha value is -1.57. The Morgan fingerprint density at radius 1 is 1.25 bits per heavy atom. The fourth-order valence-corrected chi connectivity index (χ4v) is 2.74. The lowest BCUT2D eigenvalue weighted by atomic mass is 10.4. The van der Waals surface area contributed by atoms with Gasteiger partial charge < -0.3 is 5.11 Å². The lowest BCUT2D eigenvalue weighted by Gasteiger charge is -2.03. The van der Waals surface area contributed by atoms with E-state index in [1.54, 1.807) is 11.9 Å². The van der Waals surface area contributed by atoms with Crippen LogP contribution in [-0.2, 0) is 9.84 Å². The van der Waals surface area contributed by atoms with Gasteiger partial charge in [-0.25, -0.2) is 13.2 Å². The number of aromatic hydroxyl groups is 1. The summed E-state index contributed by atoms with van der Waals surface area (Å²) in [5.74, 6) is -1.16. The topological polar surface area (TPSA) is 120 Å². The molecule has 0 aliphatic heterocycles. The molecule has 0 atom stereocenters. The summed E-state index contributed by atoms with van der Waals surface area (Å²) < 4.78 is 23.3. The average molecular weight is 248 g/mol. The minimum Gasteiger partial charge on any atom is -0.493 e. The van der Waals surface area contributed by atoms with Gasteiger partial charge in [0.25, 0.3) is 5.56 Å². The summed E-state index contributed by atoms with van der Waals surface area (Å²) in [7, 11) is -3.86. The summed E-state index contributed by atoms with van der Waals surface area (Å²) in [6, 6.07) is 0. The smallest absolute Gasteiger partial charge is 0.328 e. The molecule has 0 bridgehead atoms. The Balaban J connectivity index is 3.34. The van der Waals surface area contributed by atoms with Crippen molar-refractivity contribution >= 4 is 9.84 Å². The summed E-state index contributed by atoms with van der Waals surface area (Å²) >= 11 is 0. The third-order valence-corrected chi connectivity index (χ3v) is 3.78. The average Bonchev–Trinajstić information content (AvgIpc) is 2.12. The van der Waals surface area contributed by atoms with Gasteiger partial charge in [0.2, 0.25) is 5.88 Å². The van der Waals surface area contributed by atoms with Crippen molar-refractivity contribution in [1.29, 1.82) is 0 Å². The van der Waals surface area contributed by atoms with Crippen LogP contribution in [0, 0.1) is 0 Å². The van der Waals surface area contributed by atoms with E-state index < -0.39 is 31.9 Å². The monoisotopic (exact) mass is 248 g/mol. The number of aromatic nitrogens is 2. The second-order valence-corrected chi connectivity index (χ2v) is 5.30. The van der Waals surface area contributed by atoms with Gasteiger partial charge in [-0.05, 0) is 6.42 Å². The highest BCUT2D eigenvalue weighted by molar-refractivity contribution is 7.91. The van der Waals surface area contributed by atoms with Crippen LogP contribution in [0.25, 0.3) is 0 Å². The van der Waals surface area contributed by atoms with Crippen LogP contribution in [0.15, 0.2) is 14.5 Å². The molecule has 0 spiro atoms. The first-order chi connectivity index (χ1) is 7.38. The molecule has 3 N–H and O–H groups in total. The molecule has 1 aromatic heterocycles. The summed E-state index contributed by atoms with van der Waals surface area (Å²) in [4.78, 5) is 24.8. The molecule has 0 aromatic carbocycles. The molecular weight excluding hydrogens is 236 g/mol. The highest BCUT2D eigenvalue weighted by atomic mass is 32.2. The molecule has 90 valence electrons. The molecule has 0 saturated carbocycles. The molecule has 1 aromatic rings. The van der Waals surface area contributed by atoms with Gasteiger partial charge in [-0.3, -0.25) is 14.8 Å². The van der Waals surface area contributed by atoms with Crippen molar-refractivity contribution in [3.8, 4) is 5.88 Å². The van der Waals surface area contributed by atoms with Gasteiger partial charge in [0, 0.05) is 0 Å². The van der Waals surface area contributed by atoms with Gasteiger partial charge in [0.05, 0.1) is 5.75 Å². The van der Waals surface area contributed by atoms with Crippen LogP contribution >= 0.6 is 0 Å². The maximum atomic E-state index is 11.6. The maximum absolute atomic E-state index is 11.6. The number of hydrogen-bond acceptors (Lipinski definition) is 5. The molecule has 0 saturated heterocycles. The fourth-order valence-electron chi connectivity index (χ4n) is 1.19. The number of H-pyrrole nitrogens is 2. The van der Waals surface area contributed by atoms with Crippen molar-refractivity contribution < 1.29 is 13.5 Å². The Kier molecular flexibility index (Phi) is 3.53. The lowest BCUT2D eigenvalue weighted by molar-refractivity contribution is 0.429. The number of hydrogen-bond donors (Lipinski definition) is 3. The van der Waals surface area contributed by atoms with Gasteiger partial charge in [0.15, 0.2) is 14.7 Å². The van der Waals surface area contributed by atoms with Gasteiger partial charge in [0.1, 0.15) is 0 Å². The Labute approximate surface area is 91.1 Å². The molecule has 7 nitrogen and oxygen atoms in total. The maximum Gasteiger partial charge on any atom is 0.328 e. The lowest BCUT2D eigenvalue weighted by Crippen LogP contribution is -2.28. The molecule has 1 rings (SSSR count). The molecule has 1 heterocycles. The number of nitrogens with one attached hydrogen (secondary N) is 2. The van der Waals surface area contributed by atoms with Crippen molar-refractivity contribution in [2.45, 2.75) is 24.7 Å². The van der Waals surface area contributed by atoms with Gasteiger partial charge in [-0.15, -0.1) is 0 Å².